The van der Waals surface area contributed by atoms with E-state index in [1.807, 2.05) is 50.5 Å². The SMILES string of the molecule is CN(C)CCNc1ccnc(-c2[nH]c3cc(-c4ccccc4)ccc3c2C=O)n1. The quantitative estimate of drug-likeness (QED) is 0.469. The average Bonchev–Trinajstić information content (AvgIpc) is 3.12. The molecule has 4 rings (SSSR count). The number of anilines is 1. The van der Waals surface area contributed by atoms with Crippen molar-refractivity contribution in [2.75, 3.05) is 32.5 Å². The first-order valence-corrected chi connectivity index (χ1v) is 9.54. The lowest BCUT2D eigenvalue weighted by atomic mass is 10.0. The summed E-state index contributed by atoms with van der Waals surface area (Å²) in [6.07, 6.45) is 2.57. The molecule has 2 aromatic carbocycles. The Labute approximate surface area is 169 Å². The Morgan fingerprint density at radius 3 is 2.66 bits per heavy atom. The number of carbonyl (C=O) groups is 1. The number of carbonyl (C=O) groups excluding carboxylic acids is 1. The average molecular weight is 385 g/mol. The van der Waals surface area contributed by atoms with Gasteiger partial charge in [0, 0.05) is 30.2 Å². The molecule has 4 aromatic rings. The van der Waals surface area contributed by atoms with Gasteiger partial charge in [-0.15, -0.1) is 0 Å². The summed E-state index contributed by atoms with van der Waals surface area (Å²) < 4.78 is 0. The minimum atomic E-state index is 0.499. The maximum absolute atomic E-state index is 11.9. The van der Waals surface area contributed by atoms with Crippen molar-refractivity contribution in [3.63, 3.8) is 0 Å². The van der Waals surface area contributed by atoms with Gasteiger partial charge >= 0.3 is 0 Å². The van der Waals surface area contributed by atoms with E-state index in [1.54, 1.807) is 6.20 Å². The van der Waals surface area contributed by atoms with Crippen molar-refractivity contribution in [3.05, 3.63) is 66.4 Å². The standard InChI is InChI=1S/C23H23N5O/c1-28(2)13-12-24-21-10-11-25-23(27-21)22-19(15-29)18-9-8-17(14-20(18)26-22)16-6-4-3-5-7-16/h3-11,14-15,26H,12-13H2,1-2H3,(H,24,25,27). The van der Waals surface area contributed by atoms with Crippen LogP contribution < -0.4 is 5.32 Å². The number of H-pyrrole nitrogens is 1. The van der Waals surface area contributed by atoms with Crippen LogP contribution in [0.4, 0.5) is 5.82 Å². The largest absolute Gasteiger partial charge is 0.369 e. The number of nitrogens with zero attached hydrogens (tertiary/aromatic N) is 3. The highest BCUT2D eigenvalue weighted by atomic mass is 16.1. The Balaban J connectivity index is 1.71. The molecule has 2 heterocycles. The van der Waals surface area contributed by atoms with Gasteiger partial charge in [-0.2, -0.15) is 0 Å². The number of aromatic nitrogens is 3. The first-order valence-electron chi connectivity index (χ1n) is 9.54. The van der Waals surface area contributed by atoms with Crippen molar-refractivity contribution < 1.29 is 4.79 Å². The van der Waals surface area contributed by atoms with Gasteiger partial charge in [0.2, 0.25) is 0 Å². The minimum Gasteiger partial charge on any atom is -0.369 e. The molecule has 0 spiro atoms. The lowest BCUT2D eigenvalue weighted by Crippen LogP contribution is -2.21. The Bertz CT molecular complexity index is 1130. The van der Waals surface area contributed by atoms with E-state index in [9.17, 15) is 4.79 Å². The number of benzene rings is 2. The monoisotopic (exact) mass is 385 g/mol. The first-order chi connectivity index (χ1) is 14.2. The van der Waals surface area contributed by atoms with Crippen LogP contribution in [-0.4, -0.2) is 53.3 Å². The molecule has 2 N–H and O–H groups in total. The third-order valence-electron chi connectivity index (χ3n) is 4.81. The van der Waals surface area contributed by atoms with Gasteiger partial charge in [0.05, 0.1) is 11.3 Å². The Kier molecular flexibility index (Phi) is 5.35. The molecule has 0 aliphatic rings. The molecule has 0 saturated carbocycles. The van der Waals surface area contributed by atoms with Gasteiger partial charge in [-0.25, -0.2) is 9.97 Å². The zero-order valence-electron chi connectivity index (χ0n) is 16.5. The summed E-state index contributed by atoms with van der Waals surface area (Å²) in [5, 5.41) is 4.16. The van der Waals surface area contributed by atoms with Crippen molar-refractivity contribution in [2.45, 2.75) is 0 Å². The summed E-state index contributed by atoms with van der Waals surface area (Å²) in [6, 6.07) is 18.0. The molecule has 0 aliphatic carbocycles. The third kappa shape index (κ3) is 4.02. The zero-order valence-corrected chi connectivity index (χ0v) is 16.5. The van der Waals surface area contributed by atoms with Gasteiger partial charge in [0.15, 0.2) is 12.1 Å². The number of likely N-dealkylation sites (N-methyl/N-ethyl adjacent to an activating group) is 1. The van der Waals surface area contributed by atoms with E-state index in [0.717, 1.165) is 47.2 Å². The fraction of sp³-hybridized carbons (Fsp3) is 0.174. The summed E-state index contributed by atoms with van der Waals surface area (Å²) in [7, 11) is 4.05. The molecule has 0 unspecified atom stereocenters. The molecule has 0 radical (unpaired) electrons. The van der Waals surface area contributed by atoms with Crippen LogP contribution in [0.1, 0.15) is 10.4 Å². The first kappa shape index (κ1) is 18.8. The molecule has 0 amide bonds. The van der Waals surface area contributed by atoms with E-state index in [2.05, 4.69) is 43.4 Å². The molecular weight excluding hydrogens is 362 g/mol. The van der Waals surface area contributed by atoms with Crippen molar-refractivity contribution in [3.8, 4) is 22.6 Å². The van der Waals surface area contributed by atoms with Crippen LogP contribution in [0.25, 0.3) is 33.5 Å². The number of fused-ring (bicyclic) bond motifs is 1. The van der Waals surface area contributed by atoms with Crippen molar-refractivity contribution in [1.82, 2.24) is 19.9 Å². The van der Waals surface area contributed by atoms with Crippen LogP contribution in [0.15, 0.2) is 60.8 Å². The highest BCUT2D eigenvalue weighted by Crippen LogP contribution is 2.31. The lowest BCUT2D eigenvalue weighted by molar-refractivity contribution is 0.112. The third-order valence-corrected chi connectivity index (χ3v) is 4.81. The number of rotatable bonds is 7. The van der Waals surface area contributed by atoms with E-state index in [0.29, 0.717) is 17.1 Å². The molecule has 0 atom stereocenters. The molecule has 0 aliphatic heterocycles. The Morgan fingerprint density at radius 2 is 1.90 bits per heavy atom. The molecule has 29 heavy (non-hydrogen) atoms. The van der Waals surface area contributed by atoms with Crippen LogP contribution in [0.2, 0.25) is 0 Å². The summed E-state index contributed by atoms with van der Waals surface area (Å²) in [6.45, 7) is 1.67. The van der Waals surface area contributed by atoms with Gasteiger partial charge in [-0.3, -0.25) is 4.79 Å². The summed E-state index contributed by atoms with van der Waals surface area (Å²) in [5.41, 5.74) is 4.31. The number of hydrogen-bond acceptors (Lipinski definition) is 5. The number of hydrogen-bond donors (Lipinski definition) is 2. The molecular formula is C23H23N5O. The Hall–Kier alpha value is -3.51. The lowest BCUT2D eigenvalue weighted by Gasteiger charge is -2.11. The van der Waals surface area contributed by atoms with Crippen molar-refractivity contribution in [1.29, 1.82) is 0 Å². The predicted molar refractivity (Wildman–Crippen MR) is 117 cm³/mol. The van der Waals surface area contributed by atoms with Gasteiger partial charge in [0.25, 0.3) is 0 Å². The summed E-state index contributed by atoms with van der Waals surface area (Å²) in [4.78, 5) is 26.3. The summed E-state index contributed by atoms with van der Waals surface area (Å²) >= 11 is 0. The van der Waals surface area contributed by atoms with Gasteiger partial charge in [-0.1, -0.05) is 42.5 Å². The van der Waals surface area contributed by atoms with E-state index in [-0.39, 0.29) is 0 Å². The second-order valence-corrected chi connectivity index (χ2v) is 7.15. The van der Waals surface area contributed by atoms with Gasteiger partial charge in [0.1, 0.15) is 5.82 Å². The fourth-order valence-electron chi connectivity index (χ4n) is 3.31. The van der Waals surface area contributed by atoms with Crippen LogP contribution in [0.3, 0.4) is 0 Å². The van der Waals surface area contributed by atoms with Crippen LogP contribution in [-0.2, 0) is 0 Å². The maximum atomic E-state index is 11.9. The molecule has 6 nitrogen and oxygen atoms in total. The normalized spacial score (nSPS) is 11.1. The highest BCUT2D eigenvalue weighted by molar-refractivity contribution is 6.04. The maximum Gasteiger partial charge on any atom is 0.178 e. The fourth-order valence-corrected chi connectivity index (χ4v) is 3.31. The zero-order chi connectivity index (χ0) is 20.2. The van der Waals surface area contributed by atoms with E-state index >= 15 is 0 Å². The van der Waals surface area contributed by atoms with Crippen LogP contribution >= 0.6 is 0 Å². The van der Waals surface area contributed by atoms with Crippen molar-refractivity contribution >= 4 is 23.0 Å². The van der Waals surface area contributed by atoms with Gasteiger partial charge < -0.3 is 15.2 Å². The number of nitrogens with one attached hydrogen (secondary N) is 2. The van der Waals surface area contributed by atoms with Crippen LogP contribution in [0, 0.1) is 0 Å². The second-order valence-electron chi connectivity index (χ2n) is 7.15. The number of aromatic amines is 1. The molecule has 0 fully saturated rings. The predicted octanol–water partition coefficient (Wildman–Crippen LogP) is 4.08. The molecule has 2 aromatic heterocycles. The Morgan fingerprint density at radius 1 is 1.07 bits per heavy atom. The van der Waals surface area contributed by atoms with Crippen molar-refractivity contribution in [2.24, 2.45) is 0 Å². The molecule has 0 bridgehead atoms. The highest BCUT2D eigenvalue weighted by Gasteiger charge is 2.16. The topological polar surface area (TPSA) is 73.9 Å². The molecule has 0 saturated heterocycles. The van der Waals surface area contributed by atoms with Gasteiger partial charge in [-0.05, 0) is 37.4 Å². The summed E-state index contributed by atoms with van der Waals surface area (Å²) in [5.74, 6) is 1.23. The van der Waals surface area contributed by atoms with E-state index < -0.39 is 0 Å². The minimum absolute atomic E-state index is 0.499. The number of aldehydes is 1. The molecule has 146 valence electrons. The smallest absolute Gasteiger partial charge is 0.178 e. The van der Waals surface area contributed by atoms with E-state index in [4.69, 9.17) is 0 Å². The van der Waals surface area contributed by atoms with Crippen LogP contribution in [0.5, 0.6) is 0 Å². The molecule has 6 heteroatoms. The second kappa shape index (κ2) is 8.24. The van der Waals surface area contributed by atoms with E-state index in [1.165, 1.54) is 0 Å².